The number of allylic oxidation sites excluding steroid dienone is 1. The lowest BCUT2D eigenvalue weighted by atomic mass is 10.0. The number of halogens is 2. The second-order valence-electron chi connectivity index (χ2n) is 3.18. The first-order valence-electron chi connectivity index (χ1n) is 4.34. The van der Waals surface area contributed by atoms with Crippen LogP contribution in [0.1, 0.15) is 24.5 Å². The Labute approximate surface area is 75.9 Å². The normalized spacial score (nSPS) is 18.2. The largest absolute Gasteiger partial charge is 0.295 e. The number of hydrogen-bond donors (Lipinski definition) is 0. The molecular weight excluding hydrogens is 170 g/mol. The summed E-state index contributed by atoms with van der Waals surface area (Å²) in [5, 5.41) is 0. The van der Waals surface area contributed by atoms with Gasteiger partial charge in [0.1, 0.15) is 0 Å². The van der Waals surface area contributed by atoms with Gasteiger partial charge in [0.2, 0.25) is 0 Å². The molecule has 0 N–H and O–H groups in total. The molecule has 0 bridgehead atoms. The highest BCUT2D eigenvalue weighted by Crippen LogP contribution is 2.45. The van der Waals surface area contributed by atoms with Gasteiger partial charge in [-0.3, -0.25) is 0 Å². The number of rotatable bonds is 1. The molecule has 0 nitrogen and oxygen atoms in total. The Balaban J connectivity index is 2.58. The fourth-order valence-electron chi connectivity index (χ4n) is 1.68. The highest BCUT2D eigenvalue weighted by atomic mass is 19.3. The van der Waals surface area contributed by atoms with Crippen LogP contribution in [0.15, 0.2) is 29.8 Å². The number of hydrogen-bond acceptors (Lipinski definition) is 0. The maximum absolute atomic E-state index is 13.5. The maximum atomic E-state index is 13.5. The average Bonchev–Trinajstić information content (AvgIpc) is 2.39. The van der Waals surface area contributed by atoms with Crippen molar-refractivity contribution in [2.24, 2.45) is 0 Å². The van der Waals surface area contributed by atoms with Crippen molar-refractivity contribution in [2.75, 3.05) is 0 Å². The van der Waals surface area contributed by atoms with Crippen LogP contribution in [0.4, 0.5) is 8.78 Å². The predicted octanol–water partition coefficient (Wildman–Crippen LogP) is 3.59. The Morgan fingerprint density at radius 3 is 2.54 bits per heavy atom. The molecule has 0 saturated heterocycles. The van der Waals surface area contributed by atoms with Crippen molar-refractivity contribution >= 4 is 6.08 Å². The molecule has 2 rings (SSSR count). The predicted molar refractivity (Wildman–Crippen MR) is 48.6 cm³/mol. The van der Waals surface area contributed by atoms with E-state index in [1.165, 1.54) is 6.07 Å². The average molecular weight is 180 g/mol. The van der Waals surface area contributed by atoms with E-state index < -0.39 is 5.92 Å². The van der Waals surface area contributed by atoms with E-state index in [2.05, 4.69) is 0 Å². The summed E-state index contributed by atoms with van der Waals surface area (Å²) < 4.78 is 27.1. The van der Waals surface area contributed by atoms with Crippen LogP contribution in [0, 0.1) is 0 Å². The van der Waals surface area contributed by atoms with E-state index in [0.717, 1.165) is 0 Å². The summed E-state index contributed by atoms with van der Waals surface area (Å²) in [6.07, 6.45) is 2.00. The van der Waals surface area contributed by atoms with Crippen LogP contribution in [-0.4, -0.2) is 0 Å². The van der Waals surface area contributed by atoms with Crippen LogP contribution in [0.2, 0.25) is 0 Å². The molecule has 0 amide bonds. The molecule has 1 aromatic carbocycles. The molecule has 1 aliphatic carbocycles. The van der Waals surface area contributed by atoms with Gasteiger partial charge in [-0.05, 0) is 18.1 Å². The molecule has 2 heteroatoms. The minimum Gasteiger partial charge on any atom is -0.196 e. The van der Waals surface area contributed by atoms with Gasteiger partial charge < -0.3 is 0 Å². The van der Waals surface area contributed by atoms with Crippen LogP contribution >= 0.6 is 0 Å². The fraction of sp³-hybridized carbons (Fsp3) is 0.273. The van der Waals surface area contributed by atoms with E-state index in [1.54, 1.807) is 31.2 Å². The molecule has 0 atom stereocenters. The first kappa shape index (κ1) is 8.42. The topological polar surface area (TPSA) is 0 Å². The van der Waals surface area contributed by atoms with Crippen molar-refractivity contribution in [3.05, 3.63) is 41.0 Å². The molecule has 0 radical (unpaired) electrons. The van der Waals surface area contributed by atoms with E-state index in [4.69, 9.17) is 0 Å². The van der Waals surface area contributed by atoms with E-state index in [1.807, 2.05) is 0 Å². The van der Waals surface area contributed by atoms with E-state index in [0.29, 0.717) is 12.0 Å². The van der Waals surface area contributed by atoms with Crippen molar-refractivity contribution in [3.8, 4) is 0 Å². The van der Waals surface area contributed by atoms with Gasteiger partial charge in [-0.2, -0.15) is 8.78 Å². The summed E-state index contributed by atoms with van der Waals surface area (Å²) in [5.41, 5.74) is 1.02. The monoisotopic (exact) mass is 180 g/mol. The van der Waals surface area contributed by atoms with Gasteiger partial charge in [-0.15, -0.1) is 0 Å². The van der Waals surface area contributed by atoms with Crippen LogP contribution in [0.25, 0.3) is 6.08 Å². The molecule has 0 heterocycles. The number of benzene rings is 1. The van der Waals surface area contributed by atoms with E-state index >= 15 is 0 Å². The molecule has 68 valence electrons. The Hall–Kier alpha value is -1.18. The molecule has 0 unspecified atom stereocenters. The van der Waals surface area contributed by atoms with Crippen LogP contribution < -0.4 is 0 Å². The third-order valence-corrected chi connectivity index (χ3v) is 2.41. The Morgan fingerprint density at radius 1 is 1.23 bits per heavy atom. The first-order valence-corrected chi connectivity index (χ1v) is 4.34. The zero-order valence-electron chi connectivity index (χ0n) is 7.35. The van der Waals surface area contributed by atoms with Crippen LogP contribution in [0.5, 0.6) is 0 Å². The van der Waals surface area contributed by atoms with E-state index in [9.17, 15) is 8.78 Å². The summed E-state index contributed by atoms with van der Waals surface area (Å²) in [6.45, 7) is 1.76. The Bertz CT molecular complexity index is 364. The van der Waals surface area contributed by atoms with Crippen molar-refractivity contribution in [1.82, 2.24) is 0 Å². The molecule has 1 aromatic rings. The van der Waals surface area contributed by atoms with Gasteiger partial charge >= 0.3 is 0 Å². The van der Waals surface area contributed by atoms with Crippen molar-refractivity contribution in [2.45, 2.75) is 19.3 Å². The lowest BCUT2D eigenvalue weighted by molar-refractivity contribution is 0.0393. The van der Waals surface area contributed by atoms with Gasteiger partial charge in [-0.1, -0.05) is 31.2 Å². The minimum atomic E-state index is -2.74. The summed E-state index contributed by atoms with van der Waals surface area (Å²) >= 11 is 0. The quantitative estimate of drug-likeness (QED) is 0.619. The lowest BCUT2D eigenvalue weighted by Gasteiger charge is -2.14. The van der Waals surface area contributed by atoms with E-state index in [-0.39, 0.29) is 11.1 Å². The lowest BCUT2D eigenvalue weighted by Crippen LogP contribution is -2.12. The third-order valence-electron chi connectivity index (χ3n) is 2.41. The van der Waals surface area contributed by atoms with Crippen molar-refractivity contribution in [1.29, 1.82) is 0 Å². The summed E-state index contributed by atoms with van der Waals surface area (Å²) in [6, 6.07) is 6.66. The second-order valence-corrected chi connectivity index (χ2v) is 3.18. The summed E-state index contributed by atoms with van der Waals surface area (Å²) in [7, 11) is 0. The smallest absolute Gasteiger partial charge is 0.196 e. The highest BCUT2D eigenvalue weighted by molar-refractivity contribution is 5.66. The Morgan fingerprint density at radius 2 is 1.92 bits per heavy atom. The first-order chi connectivity index (χ1) is 6.16. The van der Waals surface area contributed by atoms with Gasteiger partial charge in [0, 0.05) is 11.1 Å². The van der Waals surface area contributed by atoms with Gasteiger partial charge in [-0.25, -0.2) is 0 Å². The molecule has 0 aromatic heterocycles. The molecular formula is C11H10F2. The standard InChI is InChI=1S/C11H10F2/c1-2-9-7-8-5-3-4-6-10(8)11(9,12)13/h3-7H,2H2,1H3. The molecule has 0 spiro atoms. The zero-order chi connectivity index (χ0) is 9.47. The summed E-state index contributed by atoms with van der Waals surface area (Å²) in [4.78, 5) is 0. The molecule has 13 heavy (non-hydrogen) atoms. The van der Waals surface area contributed by atoms with Crippen molar-refractivity contribution in [3.63, 3.8) is 0 Å². The zero-order valence-corrected chi connectivity index (χ0v) is 7.35. The molecule has 0 fully saturated rings. The minimum absolute atomic E-state index is 0.145. The maximum Gasteiger partial charge on any atom is 0.295 e. The fourth-order valence-corrected chi connectivity index (χ4v) is 1.68. The number of fused-ring (bicyclic) bond motifs is 1. The van der Waals surface area contributed by atoms with Crippen LogP contribution in [-0.2, 0) is 5.92 Å². The second kappa shape index (κ2) is 2.66. The third kappa shape index (κ3) is 1.09. The molecule has 1 aliphatic rings. The molecule has 0 aliphatic heterocycles. The SMILES string of the molecule is CCC1=Cc2ccccc2C1(F)F. The van der Waals surface area contributed by atoms with Crippen molar-refractivity contribution < 1.29 is 8.78 Å². The number of alkyl halides is 2. The van der Waals surface area contributed by atoms with Gasteiger partial charge in [0.05, 0.1) is 0 Å². The van der Waals surface area contributed by atoms with Gasteiger partial charge in [0.15, 0.2) is 0 Å². The molecule has 0 saturated carbocycles. The Kier molecular flexibility index (Phi) is 1.72. The van der Waals surface area contributed by atoms with Crippen LogP contribution in [0.3, 0.4) is 0 Å². The highest BCUT2D eigenvalue weighted by Gasteiger charge is 2.40. The summed E-state index contributed by atoms with van der Waals surface area (Å²) in [5.74, 6) is -2.74. The van der Waals surface area contributed by atoms with Gasteiger partial charge in [0.25, 0.3) is 5.92 Å².